The largest absolute Gasteiger partial charge is 0.324 e. The van der Waals surface area contributed by atoms with E-state index in [9.17, 15) is 14.9 Å². The van der Waals surface area contributed by atoms with E-state index in [1.807, 2.05) is 0 Å². The van der Waals surface area contributed by atoms with Crippen LogP contribution < -0.4 is 5.32 Å². The third-order valence-electron chi connectivity index (χ3n) is 2.47. The first-order valence-electron chi connectivity index (χ1n) is 5.74. The first kappa shape index (κ1) is 15.3. The number of anilines is 1. The number of carbonyl (C=O) groups is 1. The summed E-state index contributed by atoms with van der Waals surface area (Å²) in [5.74, 6) is -0.348. The molecule has 1 atom stereocenters. The Kier molecular flexibility index (Phi) is 4.76. The lowest BCUT2D eigenvalue weighted by Crippen LogP contribution is -2.22. The molecule has 1 aromatic carbocycles. The number of nitrogens with zero attached hydrogens (tertiary/aromatic N) is 3. The topological polar surface area (TPSA) is 114 Å². The molecule has 21 heavy (non-hydrogen) atoms. The number of thioether (sulfide) groups is 1. The SMILES string of the molecule is C[C@H](Sc1ncn[nH]1)C(=O)Nc1cc([N+](=O)[O-])ccc1Cl. The van der Waals surface area contributed by atoms with E-state index < -0.39 is 10.2 Å². The average Bonchev–Trinajstić information content (AvgIpc) is 2.93. The van der Waals surface area contributed by atoms with Gasteiger partial charge in [0.2, 0.25) is 5.91 Å². The Labute approximate surface area is 128 Å². The van der Waals surface area contributed by atoms with Gasteiger partial charge < -0.3 is 5.32 Å². The Morgan fingerprint density at radius 3 is 2.95 bits per heavy atom. The summed E-state index contributed by atoms with van der Waals surface area (Å²) in [5, 5.41) is 19.8. The first-order chi connectivity index (χ1) is 9.97. The predicted octanol–water partition coefficient (Wildman–Crippen LogP) is 2.49. The number of aromatic nitrogens is 3. The van der Waals surface area contributed by atoms with Crippen molar-refractivity contribution in [3.63, 3.8) is 0 Å². The number of nitro groups is 1. The summed E-state index contributed by atoms with van der Waals surface area (Å²) in [4.78, 5) is 26.1. The Balaban J connectivity index is 2.08. The van der Waals surface area contributed by atoms with Gasteiger partial charge in [0.25, 0.3) is 5.69 Å². The van der Waals surface area contributed by atoms with Crippen molar-refractivity contribution >= 4 is 40.6 Å². The van der Waals surface area contributed by atoms with Crippen molar-refractivity contribution in [2.45, 2.75) is 17.3 Å². The quantitative estimate of drug-likeness (QED) is 0.495. The third-order valence-corrected chi connectivity index (χ3v) is 3.79. The molecule has 1 heterocycles. The highest BCUT2D eigenvalue weighted by molar-refractivity contribution is 8.00. The number of hydrogen-bond acceptors (Lipinski definition) is 6. The Bertz CT molecular complexity index is 664. The number of carbonyl (C=O) groups excluding carboxylic acids is 1. The minimum atomic E-state index is -0.557. The van der Waals surface area contributed by atoms with Crippen molar-refractivity contribution in [2.24, 2.45) is 0 Å². The molecule has 2 rings (SSSR count). The van der Waals surface area contributed by atoms with E-state index in [1.54, 1.807) is 6.92 Å². The number of rotatable bonds is 5. The molecule has 0 fully saturated rings. The van der Waals surface area contributed by atoms with Crippen LogP contribution >= 0.6 is 23.4 Å². The molecule has 0 saturated heterocycles. The number of benzene rings is 1. The summed E-state index contributed by atoms with van der Waals surface area (Å²) in [6.07, 6.45) is 1.34. The molecule has 0 aliphatic carbocycles. The molecule has 1 aromatic heterocycles. The normalized spacial score (nSPS) is 11.9. The van der Waals surface area contributed by atoms with Gasteiger partial charge in [-0.05, 0) is 13.0 Å². The summed E-state index contributed by atoms with van der Waals surface area (Å²) >= 11 is 7.10. The molecule has 0 radical (unpaired) electrons. The van der Waals surface area contributed by atoms with E-state index >= 15 is 0 Å². The van der Waals surface area contributed by atoms with Gasteiger partial charge in [0.15, 0.2) is 5.16 Å². The molecule has 0 aliphatic heterocycles. The van der Waals surface area contributed by atoms with Crippen LogP contribution in [0.25, 0.3) is 0 Å². The number of amides is 1. The van der Waals surface area contributed by atoms with Crippen LogP contribution in [0.2, 0.25) is 5.02 Å². The van der Waals surface area contributed by atoms with Crippen molar-refractivity contribution in [1.29, 1.82) is 0 Å². The summed E-state index contributed by atoms with van der Waals surface area (Å²) in [5.41, 5.74) is 0.0473. The highest BCUT2D eigenvalue weighted by Gasteiger charge is 2.18. The molecule has 110 valence electrons. The fourth-order valence-corrected chi connectivity index (χ4v) is 2.31. The molecule has 0 spiro atoms. The van der Waals surface area contributed by atoms with Crippen molar-refractivity contribution in [3.8, 4) is 0 Å². The van der Waals surface area contributed by atoms with E-state index in [4.69, 9.17) is 11.6 Å². The second-order valence-corrected chi connectivity index (χ2v) is 5.70. The Morgan fingerprint density at radius 1 is 1.57 bits per heavy atom. The summed E-state index contributed by atoms with van der Waals surface area (Å²) in [6.45, 7) is 1.67. The van der Waals surface area contributed by atoms with Gasteiger partial charge in [-0.15, -0.1) is 0 Å². The van der Waals surface area contributed by atoms with Crippen molar-refractivity contribution in [2.75, 3.05) is 5.32 Å². The molecule has 0 aliphatic rings. The van der Waals surface area contributed by atoms with Crippen LogP contribution in [0.3, 0.4) is 0 Å². The second kappa shape index (κ2) is 6.55. The van der Waals surface area contributed by atoms with Gasteiger partial charge >= 0.3 is 0 Å². The highest BCUT2D eigenvalue weighted by Crippen LogP contribution is 2.28. The number of hydrogen-bond donors (Lipinski definition) is 2. The fourth-order valence-electron chi connectivity index (χ4n) is 1.43. The number of non-ortho nitro benzene ring substituents is 1. The number of halogens is 1. The van der Waals surface area contributed by atoms with E-state index in [-0.39, 0.29) is 22.3 Å². The zero-order chi connectivity index (χ0) is 15.4. The monoisotopic (exact) mass is 327 g/mol. The van der Waals surface area contributed by atoms with Crippen molar-refractivity contribution in [3.05, 3.63) is 39.7 Å². The standard InChI is InChI=1S/C11H10ClN5O3S/c1-6(21-11-13-5-14-16-11)10(18)15-9-4-7(17(19)20)2-3-8(9)12/h2-6H,1H3,(H,15,18)(H,13,14,16)/t6-/m0/s1. The molecular formula is C11H10ClN5O3S. The molecule has 0 unspecified atom stereocenters. The van der Waals surface area contributed by atoms with Crippen LogP contribution in [0.15, 0.2) is 29.7 Å². The van der Waals surface area contributed by atoms with Gasteiger partial charge in [-0.25, -0.2) is 4.98 Å². The Morgan fingerprint density at radius 2 is 2.33 bits per heavy atom. The van der Waals surface area contributed by atoms with Crippen LogP contribution in [0.5, 0.6) is 0 Å². The molecular weight excluding hydrogens is 318 g/mol. The van der Waals surface area contributed by atoms with E-state index in [0.717, 1.165) is 0 Å². The smallest absolute Gasteiger partial charge is 0.271 e. The maximum Gasteiger partial charge on any atom is 0.271 e. The number of aromatic amines is 1. The molecule has 10 heteroatoms. The lowest BCUT2D eigenvalue weighted by molar-refractivity contribution is -0.384. The van der Waals surface area contributed by atoms with E-state index in [2.05, 4.69) is 20.5 Å². The van der Waals surface area contributed by atoms with Gasteiger partial charge in [0.05, 0.1) is 20.9 Å². The van der Waals surface area contributed by atoms with Crippen LogP contribution in [0.1, 0.15) is 6.92 Å². The van der Waals surface area contributed by atoms with Crippen LogP contribution in [-0.2, 0) is 4.79 Å². The van der Waals surface area contributed by atoms with Gasteiger partial charge in [0, 0.05) is 12.1 Å². The first-order valence-corrected chi connectivity index (χ1v) is 7.00. The lowest BCUT2D eigenvalue weighted by Gasteiger charge is -2.11. The van der Waals surface area contributed by atoms with E-state index in [0.29, 0.717) is 5.16 Å². The molecule has 0 saturated carbocycles. The predicted molar refractivity (Wildman–Crippen MR) is 78.4 cm³/mol. The molecule has 1 amide bonds. The van der Waals surface area contributed by atoms with Gasteiger partial charge in [-0.1, -0.05) is 23.4 Å². The van der Waals surface area contributed by atoms with Crippen molar-refractivity contribution in [1.82, 2.24) is 15.2 Å². The number of nitrogens with one attached hydrogen (secondary N) is 2. The summed E-state index contributed by atoms with van der Waals surface area (Å²) < 4.78 is 0. The van der Waals surface area contributed by atoms with Crippen LogP contribution in [0, 0.1) is 10.1 Å². The average molecular weight is 328 g/mol. The molecule has 2 N–H and O–H groups in total. The zero-order valence-corrected chi connectivity index (χ0v) is 12.3. The maximum absolute atomic E-state index is 12.0. The van der Waals surface area contributed by atoms with Crippen LogP contribution in [0.4, 0.5) is 11.4 Å². The highest BCUT2D eigenvalue weighted by atomic mass is 35.5. The summed E-state index contributed by atoms with van der Waals surface area (Å²) in [6, 6.07) is 3.85. The zero-order valence-electron chi connectivity index (χ0n) is 10.7. The minimum absolute atomic E-state index is 0.148. The number of H-pyrrole nitrogens is 1. The minimum Gasteiger partial charge on any atom is -0.324 e. The van der Waals surface area contributed by atoms with Gasteiger partial charge in [0.1, 0.15) is 6.33 Å². The maximum atomic E-state index is 12.0. The van der Waals surface area contributed by atoms with Gasteiger partial charge in [-0.2, -0.15) is 5.10 Å². The Hall–Kier alpha value is -2.13. The second-order valence-electron chi connectivity index (χ2n) is 3.96. The van der Waals surface area contributed by atoms with Crippen LogP contribution in [-0.4, -0.2) is 31.3 Å². The fraction of sp³-hybridized carbons (Fsp3) is 0.182. The third kappa shape index (κ3) is 3.92. The van der Waals surface area contributed by atoms with Gasteiger partial charge in [-0.3, -0.25) is 20.0 Å². The summed E-state index contributed by atoms with van der Waals surface area (Å²) in [7, 11) is 0. The molecule has 2 aromatic rings. The lowest BCUT2D eigenvalue weighted by atomic mass is 10.2. The number of nitro benzene ring substituents is 1. The van der Waals surface area contributed by atoms with Crippen molar-refractivity contribution < 1.29 is 9.72 Å². The molecule has 0 bridgehead atoms. The van der Waals surface area contributed by atoms with E-state index in [1.165, 1.54) is 36.3 Å². The molecule has 8 nitrogen and oxygen atoms in total.